The third-order valence-corrected chi connectivity index (χ3v) is 4.48. The first-order chi connectivity index (χ1) is 10.1. The normalized spacial score (nSPS) is 11.8. The van der Waals surface area contributed by atoms with E-state index in [9.17, 15) is 0 Å². The highest BCUT2D eigenvalue weighted by Gasteiger charge is 2.21. The lowest BCUT2D eigenvalue weighted by atomic mass is 9.92. The van der Waals surface area contributed by atoms with Crippen molar-refractivity contribution >= 4 is 41.3 Å². The summed E-state index contributed by atoms with van der Waals surface area (Å²) in [6.07, 6.45) is 2.64. The van der Waals surface area contributed by atoms with Crippen LogP contribution >= 0.6 is 35.3 Å². The third kappa shape index (κ3) is 5.92. The fourth-order valence-corrected chi connectivity index (χ4v) is 2.79. The van der Waals surface area contributed by atoms with Crippen LogP contribution in [0.25, 0.3) is 0 Å². The number of hydrogen-bond acceptors (Lipinski definition) is 3. The van der Waals surface area contributed by atoms with Crippen molar-refractivity contribution < 1.29 is 0 Å². The van der Waals surface area contributed by atoms with Gasteiger partial charge in [-0.3, -0.25) is 9.98 Å². The second-order valence-corrected chi connectivity index (χ2v) is 6.51. The molecule has 2 aromatic rings. The number of nitrogens with two attached hydrogens (primary N) is 1. The first-order valence-corrected chi connectivity index (χ1v) is 7.93. The summed E-state index contributed by atoms with van der Waals surface area (Å²) in [5, 5.41) is 5.23. The van der Waals surface area contributed by atoms with Crippen molar-refractivity contribution in [2.24, 2.45) is 10.7 Å². The van der Waals surface area contributed by atoms with E-state index in [0.717, 1.165) is 18.7 Å². The van der Waals surface area contributed by atoms with Gasteiger partial charge in [-0.1, -0.05) is 26.0 Å². The zero-order valence-electron chi connectivity index (χ0n) is 13.0. The van der Waals surface area contributed by atoms with Gasteiger partial charge < -0.3 is 11.1 Å². The Morgan fingerprint density at radius 1 is 1.32 bits per heavy atom. The van der Waals surface area contributed by atoms with Gasteiger partial charge >= 0.3 is 0 Å². The highest BCUT2D eigenvalue weighted by atomic mass is 127. The molecular weight excluding hydrogens is 407 g/mol. The molecule has 0 aliphatic heterocycles. The molecule has 0 fully saturated rings. The van der Waals surface area contributed by atoms with Gasteiger partial charge in [-0.2, -0.15) is 0 Å². The van der Waals surface area contributed by atoms with E-state index >= 15 is 0 Å². The molecule has 120 valence electrons. The van der Waals surface area contributed by atoms with Crippen LogP contribution < -0.4 is 11.1 Å². The lowest BCUT2D eigenvalue weighted by Crippen LogP contribution is -2.35. The Bertz CT molecular complexity index is 567. The lowest BCUT2D eigenvalue weighted by Gasteiger charge is -2.20. The molecule has 2 aromatic heterocycles. The van der Waals surface area contributed by atoms with Crippen LogP contribution in [-0.2, 0) is 11.8 Å². The molecule has 0 radical (unpaired) electrons. The summed E-state index contributed by atoms with van der Waals surface area (Å²) in [5.74, 6) is 0.496. The minimum absolute atomic E-state index is 0. The van der Waals surface area contributed by atoms with Crippen molar-refractivity contribution in [1.29, 1.82) is 0 Å². The summed E-state index contributed by atoms with van der Waals surface area (Å²) in [6.45, 7) is 5.79. The topological polar surface area (TPSA) is 63.3 Å². The maximum atomic E-state index is 5.92. The molecule has 0 spiro atoms. The van der Waals surface area contributed by atoms with E-state index in [-0.39, 0.29) is 29.4 Å². The number of pyridine rings is 1. The van der Waals surface area contributed by atoms with Gasteiger partial charge in [-0.15, -0.1) is 35.3 Å². The Morgan fingerprint density at radius 3 is 2.77 bits per heavy atom. The van der Waals surface area contributed by atoms with Crippen LogP contribution in [0.4, 0.5) is 0 Å². The van der Waals surface area contributed by atoms with Crippen molar-refractivity contribution in [1.82, 2.24) is 10.3 Å². The largest absolute Gasteiger partial charge is 0.370 e. The number of nitrogens with one attached hydrogen (secondary N) is 1. The van der Waals surface area contributed by atoms with Gasteiger partial charge in [0, 0.05) is 35.1 Å². The van der Waals surface area contributed by atoms with Gasteiger partial charge in [-0.05, 0) is 23.6 Å². The molecule has 2 heterocycles. The van der Waals surface area contributed by atoms with Gasteiger partial charge in [0.25, 0.3) is 0 Å². The van der Waals surface area contributed by atoms with E-state index < -0.39 is 0 Å². The molecule has 3 N–H and O–H groups in total. The summed E-state index contributed by atoms with van der Waals surface area (Å²) >= 11 is 1.76. The summed E-state index contributed by atoms with van der Waals surface area (Å²) in [4.78, 5) is 10.1. The second kappa shape index (κ2) is 9.09. The van der Waals surface area contributed by atoms with E-state index in [0.29, 0.717) is 12.5 Å². The molecule has 22 heavy (non-hydrogen) atoms. The van der Waals surface area contributed by atoms with Gasteiger partial charge in [0.15, 0.2) is 5.96 Å². The molecule has 6 heteroatoms. The molecule has 0 saturated heterocycles. The second-order valence-electron chi connectivity index (χ2n) is 5.56. The van der Waals surface area contributed by atoms with E-state index in [4.69, 9.17) is 5.73 Å². The molecule has 0 amide bonds. The molecule has 0 aliphatic carbocycles. The Balaban J connectivity index is 0.00000242. The van der Waals surface area contributed by atoms with Crippen LogP contribution in [0.1, 0.15) is 24.4 Å². The van der Waals surface area contributed by atoms with Crippen LogP contribution in [0.2, 0.25) is 0 Å². The minimum atomic E-state index is 0. The first kappa shape index (κ1) is 18.9. The van der Waals surface area contributed by atoms with Crippen LogP contribution in [0.5, 0.6) is 0 Å². The van der Waals surface area contributed by atoms with Crippen molar-refractivity contribution in [2.75, 3.05) is 13.1 Å². The minimum Gasteiger partial charge on any atom is -0.370 e. The number of aliphatic imine (C=N–C) groups is 1. The number of hydrogen-bond donors (Lipinski definition) is 2. The van der Waals surface area contributed by atoms with Crippen molar-refractivity contribution in [2.45, 2.75) is 25.7 Å². The Morgan fingerprint density at radius 2 is 2.14 bits per heavy atom. The standard InChI is InChI=1S/C16H22N4S.HI/c1-16(2,14-7-5-11-21-14)12-20-15(17)19-10-8-13-6-3-4-9-18-13;/h3-7,9,11H,8,10,12H2,1-2H3,(H3,17,19,20);1H. The average Bonchev–Trinajstić information content (AvgIpc) is 3.01. The maximum Gasteiger partial charge on any atom is 0.188 e. The molecule has 0 bridgehead atoms. The fraction of sp³-hybridized carbons (Fsp3) is 0.375. The number of guanidine groups is 1. The highest BCUT2D eigenvalue weighted by molar-refractivity contribution is 14.0. The zero-order chi connectivity index (χ0) is 15.1. The van der Waals surface area contributed by atoms with Crippen LogP contribution in [0.3, 0.4) is 0 Å². The lowest BCUT2D eigenvalue weighted by molar-refractivity contribution is 0.550. The molecule has 0 unspecified atom stereocenters. The highest BCUT2D eigenvalue weighted by Crippen LogP contribution is 2.27. The average molecular weight is 430 g/mol. The summed E-state index contributed by atoms with van der Waals surface area (Å²) in [7, 11) is 0. The predicted molar refractivity (Wildman–Crippen MR) is 105 cm³/mol. The SMILES string of the molecule is CC(C)(CN=C(N)NCCc1ccccn1)c1cccs1.I. The third-order valence-electron chi connectivity index (χ3n) is 3.25. The van der Waals surface area contributed by atoms with E-state index in [1.54, 1.807) is 17.5 Å². The molecule has 0 aromatic carbocycles. The van der Waals surface area contributed by atoms with Crippen LogP contribution in [-0.4, -0.2) is 24.0 Å². The first-order valence-electron chi connectivity index (χ1n) is 7.05. The Labute approximate surface area is 153 Å². The van der Waals surface area contributed by atoms with Crippen LogP contribution in [0, 0.1) is 0 Å². The van der Waals surface area contributed by atoms with Crippen molar-refractivity contribution in [3.63, 3.8) is 0 Å². The number of nitrogens with zero attached hydrogens (tertiary/aromatic N) is 2. The molecule has 0 saturated carbocycles. The summed E-state index contributed by atoms with van der Waals surface area (Å²) in [5.41, 5.74) is 6.99. The molecular formula is C16H23IN4S. The van der Waals surface area contributed by atoms with Gasteiger partial charge in [0.2, 0.25) is 0 Å². The van der Waals surface area contributed by atoms with Gasteiger partial charge in [-0.25, -0.2) is 0 Å². The van der Waals surface area contributed by atoms with Gasteiger partial charge in [0.1, 0.15) is 0 Å². The predicted octanol–water partition coefficient (Wildman–Crippen LogP) is 3.19. The Kier molecular flexibility index (Phi) is 7.81. The quantitative estimate of drug-likeness (QED) is 0.421. The van der Waals surface area contributed by atoms with Crippen LogP contribution in [0.15, 0.2) is 46.9 Å². The van der Waals surface area contributed by atoms with Crippen molar-refractivity contribution in [3.05, 3.63) is 52.5 Å². The van der Waals surface area contributed by atoms with E-state index in [1.807, 2.05) is 18.2 Å². The number of halogens is 1. The van der Waals surface area contributed by atoms with E-state index in [2.05, 4.69) is 46.7 Å². The van der Waals surface area contributed by atoms with Gasteiger partial charge in [0.05, 0.1) is 6.54 Å². The number of thiophene rings is 1. The van der Waals surface area contributed by atoms with E-state index in [1.165, 1.54) is 4.88 Å². The monoisotopic (exact) mass is 430 g/mol. The molecule has 0 aliphatic rings. The maximum absolute atomic E-state index is 5.92. The Hall–Kier alpha value is -1.15. The molecule has 0 atom stereocenters. The summed E-state index contributed by atoms with van der Waals surface area (Å²) < 4.78 is 0. The summed E-state index contributed by atoms with van der Waals surface area (Å²) in [6, 6.07) is 10.1. The molecule has 4 nitrogen and oxygen atoms in total. The molecule has 2 rings (SSSR count). The zero-order valence-corrected chi connectivity index (χ0v) is 16.1. The smallest absolute Gasteiger partial charge is 0.188 e. The van der Waals surface area contributed by atoms with Crippen molar-refractivity contribution in [3.8, 4) is 0 Å². The number of rotatable bonds is 6. The fourth-order valence-electron chi connectivity index (χ4n) is 1.94. The number of aromatic nitrogens is 1.